The summed E-state index contributed by atoms with van der Waals surface area (Å²) < 4.78 is 12.9. The number of anilines is 1. The summed E-state index contributed by atoms with van der Waals surface area (Å²) in [5, 5.41) is 9.09. The molecule has 0 aliphatic carbocycles. The van der Waals surface area contributed by atoms with E-state index in [1.165, 1.54) is 12.1 Å². The van der Waals surface area contributed by atoms with Crippen molar-refractivity contribution in [3.05, 3.63) is 29.6 Å². The molecule has 1 aromatic carbocycles. The maximum atomic E-state index is 12.9. The van der Waals surface area contributed by atoms with E-state index in [-0.39, 0.29) is 12.4 Å². The molecule has 0 aromatic heterocycles. The lowest BCUT2D eigenvalue weighted by molar-refractivity contribution is 0.289. The smallest absolute Gasteiger partial charge is 0.123 e. The van der Waals surface area contributed by atoms with E-state index in [1.54, 1.807) is 17.8 Å². The zero-order chi connectivity index (χ0) is 11.3. The van der Waals surface area contributed by atoms with E-state index in [9.17, 15) is 4.39 Å². The monoisotopic (exact) mass is 229 g/mol. The second-order valence-electron chi connectivity index (χ2n) is 3.48. The number of nitrogens with two attached hydrogens (primary N) is 1. The molecule has 0 saturated heterocycles. The van der Waals surface area contributed by atoms with Crippen molar-refractivity contribution >= 4 is 17.4 Å². The molecular weight excluding hydrogens is 213 g/mol. The fourth-order valence-electron chi connectivity index (χ4n) is 1.20. The number of halogens is 1. The molecule has 1 unspecified atom stereocenters. The topological polar surface area (TPSA) is 46.2 Å². The number of thioether (sulfide) groups is 1. The molecule has 0 fully saturated rings. The molecule has 0 radical (unpaired) electrons. The van der Waals surface area contributed by atoms with Crippen molar-refractivity contribution in [1.82, 2.24) is 0 Å². The van der Waals surface area contributed by atoms with E-state index in [0.717, 1.165) is 12.0 Å². The average Bonchev–Trinajstić information content (AvgIpc) is 2.20. The number of rotatable bonds is 5. The Kier molecular flexibility index (Phi) is 4.91. The quantitative estimate of drug-likeness (QED) is 0.762. The second-order valence-corrected chi connectivity index (χ2v) is 4.90. The van der Waals surface area contributed by atoms with Crippen LogP contribution in [0.2, 0.25) is 0 Å². The van der Waals surface area contributed by atoms with E-state index < -0.39 is 0 Å². The molecule has 3 N–H and O–H groups in total. The van der Waals surface area contributed by atoms with Crippen LogP contribution in [0.15, 0.2) is 18.2 Å². The number of hydrogen-bond acceptors (Lipinski definition) is 3. The number of aliphatic hydroxyl groups excluding tert-OH is 1. The van der Waals surface area contributed by atoms with Gasteiger partial charge in [0.2, 0.25) is 0 Å². The van der Waals surface area contributed by atoms with E-state index in [1.807, 2.05) is 6.92 Å². The summed E-state index contributed by atoms with van der Waals surface area (Å²) in [5.41, 5.74) is 7.17. The molecular formula is C11H16FNOS. The minimum absolute atomic E-state index is 0.187. The normalized spacial score (nSPS) is 12.7. The molecule has 0 aliphatic heterocycles. The number of nitrogen functional groups attached to an aromatic ring is 1. The molecule has 4 heteroatoms. The van der Waals surface area contributed by atoms with Gasteiger partial charge in [-0.25, -0.2) is 4.39 Å². The zero-order valence-electron chi connectivity index (χ0n) is 8.74. The molecule has 15 heavy (non-hydrogen) atoms. The van der Waals surface area contributed by atoms with Crippen LogP contribution in [-0.4, -0.2) is 17.0 Å². The Balaban J connectivity index is 2.53. The summed E-state index contributed by atoms with van der Waals surface area (Å²) in [6.45, 7) is 2.23. The van der Waals surface area contributed by atoms with Crippen molar-refractivity contribution in [2.45, 2.75) is 24.3 Å². The third kappa shape index (κ3) is 4.10. The van der Waals surface area contributed by atoms with Crippen molar-refractivity contribution in [3.63, 3.8) is 0 Å². The molecule has 1 aromatic rings. The summed E-state index contributed by atoms with van der Waals surface area (Å²) in [5.74, 6) is 0.430. The Bertz CT molecular complexity index is 319. The predicted molar refractivity (Wildman–Crippen MR) is 63.3 cm³/mol. The molecule has 0 amide bonds. The van der Waals surface area contributed by atoms with Crippen LogP contribution >= 0.6 is 11.8 Å². The fraction of sp³-hybridized carbons (Fsp3) is 0.455. The van der Waals surface area contributed by atoms with Gasteiger partial charge in [-0.05, 0) is 30.2 Å². The summed E-state index contributed by atoms with van der Waals surface area (Å²) in [6, 6.07) is 4.41. The molecule has 0 aliphatic rings. The highest BCUT2D eigenvalue weighted by atomic mass is 32.2. The highest BCUT2D eigenvalue weighted by molar-refractivity contribution is 7.99. The van der Waals surface area contributed by atoms with Crippen LogP contribution in [0.1, 0.15) is 18.9 Å². The Morgan fingerprint density at radius 2 is 2.27 bits per heavy atom. The fourth-order valence-corrected chi connectivity index (χ4v) is 2.18. The summed E-state index contributed by atoms with van der Waals surface area (Å²) in [6.07, 6.45) is 0.750. The van der Waals surface area contributed by atoms with Crippen LogP contribution in [0.25, 0.3) is 0 Å². The minimum atomic E-state index is -0.255. The first-order chi connectivity index (χ1) is 7.13. The van der Waals surface area contributed by atoms with E-state index in [0.29, 0.717) is 16.7 Å². The van der Waals surface area contributed by atoms with Gasteiger partial charge >= 0.3 is 0 Å². The third-order valence-electron chi connectivity index (χ3n) is 2.16. The Hall–Kier alpha value is -0.740. The zero-order valence-corrected chi connectivity index (χ0v) is 9.56. The highest BCUT2D eigenvalue weighted by Crippen LogP contribution is 2.23. The van der Waals surface area contributed by atoms with Crippen molar-refractivity contribution < 1.29 is 9.50 Å². The van der Waals surface area contributed by atoms with Gasteiger partial charge in [0.15, 0.2) is 0 Å². The SMILES string of the molecule is CC(CCO)SCc1cc(F)ccc1N. The lowest BCUT2D eigenvalue weighted by Crippen LogP contribution is -2.01. The van der Waals surface area contributed by atoms with E-state index in [4.69, 9.17) is 10.8 Å². The van der Waals surface area contributed by atoms with Crippen molar-refractivity contribution in [1.29, 1.82) is 0 Å². The number of hydrogen-bond donors (Lipinski definition) is 2. The van der Waals surface area contributed by atoms with Crippen molar-refractivity contribution in [2.24, 2.45) is 0 Å². The van der Waals surface area contributed by atoms with Gasteiger partial charge in [0.05, 0.1) is 0 Å². The van der Waals surface area contributed by atoms with Crippen LogP contribution < -0.4 is 5.73 Å². The second kappa shape index (κ2) is 5.98. The van der Waals surface area contributed by atoms with Crippen molar-refractivity contribution in [2.75, 3.05) is 12.3 Å². The molecule has 84 valence electrons. The van der Waals surface area contributed by atoms with Crippen LogP contribution in [-0.2, 0) is 5.75 Å². The molecule has 0 saturated carbocycles. The van der Waals surface area contributed by atoms with Crippen LogP contribution in [0, 0.1) is 5.82 Å². The van der Waals surface area contributed by atoms with Gasteiger partial charge in [-0.1, -0.05) is 6.92 Å². The molecule has 1 atom stereocenters. The van der Waals surface area contributed by atoms with Gasteiger partial charge in [-0.15, -0.1) is 0 Å². The Morgan fingerprint density at radius 3 is 2.93 bits per heavy atom. The number of aliphatic hydroxyl groups is 1. The van der Waals surface area contributed by atoms with Gasteiger partial charge in [0.25, 0.3) is 0 Å². The largest absolute Gasteiger partial charge is 0.398 e. The van der Waals surface area contributed by atoms with E-state index >= 15 is 0 Å². The van der Waals surface area contributed by atoms with Gasteiger partial charge < -0.3 is 10.8 Å². The third-order valence-corrected chi connectivity index (χ3v) is 3.45. The van der Waals surface area contributed by atoms with E-state index in [2.05, 4.69) is 0 Å². The molecule has 0 bridgehead atoms. The molecule has 0 spiro atoms. The van der Waals surface area contributed by atoms with Gasteiger partial charge in [0, 0.05) is 23.3 Å². The van der Waals surface area contributed by atoms with Gasteiger partial charge in [0.1, 0.15) is 5.82 Å². The standard InChI is InChI=1S/C11H16FNOS/c1-8(4-5-14)15-7-9-6-10(12)2-3-11(9)13/h2-3,6,8,14H,4-5,7,13H2,1H3. The summed E-state index contributed by atoms with van der Waals surface area (Å²) in [4.78, 5) is 0. The molecule has 1 rings (SSSR count). The summed E-state index contributed by atoms with van der Waals surface area (Å²) in [7, 11) is 0. The number of benzene rings is 1. The predicted octanol–water partition coefficient (Wildman–Crippen LogP) is 2.41. The van der Waals surface area contributed by atoms with Gasteiger partial charge in [-0.2, -0.15) is 11.8 Å². The van der Waals surface area contributed by atoms with Crippen LogP contribution in [0.5, 0.6) is 0 Å². The molecule has 0 heterocycles. The maximum Gasteiger partial charge on any atom is 0.123 e. The van der Waals surface area contributed by atoms with Crippen molar-refractivity contribution in [3.8, 4) is 0 Å². The van der Waals surface area contributed by atoms with Crippen LogP contribution in [0.3, 0.4) is 0 Å². The molecule has 2 nitrogen and oxygen atoms in total. The minimum Gasteiger partial charge on any atom is -0.398 e. The first kappa shape index (κ1) is 12.3. The average molecular weight is 229 g/mol. The highest BCUT2D eigenvalue weighted by Gasteiger charge is 2.05. The Morgan fingerprint density at radius 1 is 1.53 bits per heavy atom. The lowest BCUT2D eigenvalue weighted by atomic mass is 10.2. The first-order valence-electron chi connectivity index (χ1n) is 4.90. The van der Waals surface area contributed by atoms with Gasteiger partial charge in [-0.3, -0.25) is 0 Å². The summed E-state index contributed by atoms with van der Waals surface area (Å²) >= 11 is 1.67. The first-order valence-corrected chi connectivity index (χ1v) is 5.94. The maximum absolute atomic E-state index is 12.9. The van der Waals surface area contributed by atoms with Crippen LogP contribution in [0.4, 0.5) is 10.1 Å². The lowest BCUT2D eigenvalue weighted by Gasteiger charge is -2.10. The Labute approximate surface area is 93.7 Å².